The number of hydrogen-bond donors (Lipinski definition) is 0. The molecule has 2 aromatic carbocycles. The van der Waals surface area contributed by atoms with E-state index >= 15 is 0 Å². The highest BCUT2D eigenvalue weighted by Crippen LogP contribution is 2.30. The van der Waals surface area contributed by atoms with Crippen molar-refractivity contribution in [3.05, 3.63) is 60.2 Å². The van der Waals surface area contributed by atoms with E-state index in [-0.39, 0.29) is 0 Å². The van der Waals surface area contributed by atoms with Crippen LogP contribution >= 0.6 is 0 Å². The molecule has 0 spiro atoms. The summed E-state index contributed by atoms with van der Waals surface area (Å²) in [6, 6.07) is 18.2. The average molecular weight is 278 g/mol. The van der Waals surface area contributed by atoms with E-state index in [0.717, 1.165) is 29.0 Å². The summed E-state index contributed by atoms with van der Waals surface area (Å²) in [5, 5.41) is 0. The molecule has 1 nitrogen and oxygen atoms in total. The lowest BCUT2D eigenvalue weighted by molar-refractivity contribution is 0.0974. The van der Waals surface area contributed by atoms with Crippen molar-refractivity contribution in [3.8, 4) is 11.1 Å². The molecule has 0 aliphatic heterocycles. The molecule has 1 aliphatic carbocycles. The number of benzene rings is 2. The van der Waals surface area contributed by atoms with Gasteiger partial charge in [0.05, 0.1) is 0 Å². The number of carbonyl (C=O) groups excluding carboxylic acids is 1. The van der Waals surface area contributed by atoms with Gasteiger partial charge in [-0.3, -0.25) is 4.79 Å². The smallest absolute Gasteiger partial charge is 0.163 e. The normalized spacial score (nSPS) is 15.2. The van der Waals surface area contributed by atoms with Gasteiger partial charge in [0, 0.05) is 12.0 Å². The Hall–Kier alpha value is -1.89. The molecular formula is C20H22O. The molecule has 2 aromatic rings. The maximum atomic E-state index is 12.6. The predicted octanol–water partition coefficient (Wildman–Crippen LogP) is 5.51. The van der Waals surface area contributed by atoms with Gasteiger partial charge in [0.2, 0.25) is 0 Å². The maximum absolute atomic E-state index is 12.6. The van der Waals surface area contributed by atoms with Gasteiger partial charge in [-0.05, 0) is 23.5 Å². The highest BCUT2D eigenvalue weighted by Gasteiger charge is 2.18. The van der Waals surface area contributed by atoms with E-state index in [1.807, 2.05) is 36.4 Å². The molecule has 0 bridgehead atoms. The van der Waals surface area contributed by atoms with Crippen LogP contribution in [0.5, 0.6) is 0 Å². The van der Waals surface area contributed by atoms with Crippen LogP contribution in [0.1, 0.15) is 48.9 Å². The molecule has 0 atom stereocenters. The van der Waals surface area contributed by atoms with E-state index < -0.39 is 0 Å². The van der Waals surface area contributed by atoms with Gasteiger partial charge in [-0.2, -0.15) is 0 Å². The molecule has 0 N–H and O–H groups in total. The molecule has 1 saturated carbocycles. The van der Waals surface area contributed by atoms with Crippen LogP contribution in [0.3, 0.4) is 0 Å². The Morgan fingerprint density at radius 2 is 1.57 bits per heavy atom. The van der Waals surface area contributed by atoms with Gasteiger partial charge in [0.25, 0.3) is 0 Å². The first-order valence-corrected chi connectivity index (χ1v) is 8.02. The van der Waals surface area contributed by atoms with E-state index in [1.165, 1.54) is 25.7 Å². The van der Waals surface area contributed by atoms with Crippen molar-refractivity contribution in [1.29, 1.82) is 0 Å². The first-order chi connectivity index (χ1) is 10.3. The summed E-state index contributed by atoms with van der Waals surface area (Å²) in [5.74, 6) is 1.07. The van der Waals surface area contributed by atoms with Crippen LogP contribution in [-0.2, 0) is 0 Å². The molecule has 3 rings (SSSR count). The fourth-order valence-corrected chi connectivity index (χ4v) is 3.36. The molecule has 108 valence electrons. The molecule has 0 aromatic heterocycles. The monoisotopic (exact) mass is 278 g/mol. The minimum atomic E-state index is 0.293. The standard InChI is InChI=1S/C20H22O/c21-20(15-14-16-8-4-5-9-16)19-13-7-6-12-18(19)17-10-2-1-3-11-17/h1-3,6-7,10-13,16H,4-5,8-9,14-15H2. The number of ketones is 1. The maximum Gasteiger partial charge on any atom is 0.163 e. The van der Waals surface area contributed by atoms with Crippen LogP contribution in [0.25, 0.3) is 11.1 Å². The second-order valence-corrected chi connectivity index (χ2v) is 6.02. The Morgan fingerprint density at radius 1 is 0.905 bits per heavy atom. The third-order valence-corrected chi connectivity index (χ3v) is 4.57. The highest BCUT2D eigenvalue weighted by atomic mass is 16.1. The third kappa shape index (κ3) is 3.41. The van der Waals surface area contributed by atoms with E-state index in [9.17, 15) is 4.79 Å². The zero-order chi connectivity index (χ0) is 14.5. The fraction of sp³-hybridized carbons (Fsp3) is 0.350. The van der Waals surface area contributed by atoms with Gasteiger partial charge in [-0.1, -0.05) is 80.3 Å². The molecule has 21 heavy (non-hydrogen) atoms. The van der Waals surface area contributed by atoms with Gasteiger partial charge in [0.15, 0.2) is 5.78 Å². The van der Waals surface area contributed by atoms with Crippen molar-refractivity contribution in [1.82, 2.24) is 0 Å². The summed E-state index contributed by atoms with van der Waals surface area (Å²) >= 11 is 0. The van der Waals surface area contributed by atoms with E-state index in [1.54, 1.807) is 0 Å². The number of rotatable bonds is 5. The molecular weight excluding hydrogens is 256 g/mol. The largest absolute Gasteiger partial charge is 0.294 e. The molecule has 0 heterocycles. The van der Waals surface area contributed by atoms with Gasteiger partial charge < -0.3 is 0 Å². The van der Waals surface area contributed by atoms with E-state index in [2.05, 4.69) is 18.2 Å². The quantitative estimate of drug-likeness (QED) is 0.659. The molecule has 0 radical (unpaired) electrons. The summed E-state index contributed by atoms with van der Waals surface area (Å²) in [5.41, 5.74) is 3.07. The van der Waals surface area contributed by atoms with Crippen molar-refractivity contribution in [2.45, 2.75) is 38.5 Å². The lowest BCUT2D eigenvalue weighted by Crippen LogP contribution is -2.04. The Bertz CT molecular complexity index is 594. The van der Waals surface area contributed by atoms with Gasteiger partial charge in [0.1, 0.15) is 0 Å². The first kappa shape index (κ1) is 14.1. The molecule has 0 amide bonds. The second kappa shape index (κ2) is 6.71. The summed E-state index contributed by atoms with van der Waals surface area (Å²) in [7, 11) is 0. The Balaban J connectivity index is 1.76. The van der Waals surface area contributed by atoms with Gasteiger partial charge >= 0.3 is 0 Å². The topological polar surface area (TPSA) is 17.1 Å². The van der Waals surface area contributed by atoms with E-state index in [4.69, 9.17) is 0 Å². The Kier molecular flexibility index (Phi) is 4.49. The molecule has 0 unspecified atom stereocenters. The summed E-state index contributed by atoms with van der Waals surface area (Å²) in [6.45, 7) is 0. The van der Waals surface area contributed by atoms with Crippen molar-refractivity contribution >= 4 is 5.78 Å². The zero-order valence-electron chi connectivity index (χ0n) is 12.4. The second-order valence-electron chi connectivity index (χ2n) is 6.02. The zero-order valence-corrected chi connectivity index (χ0v) is 12.4. The Morgan fingerprint density at radius 3 is 2.33 bits per heavy atom. The molecule has 1 fully saturated rings. The van der Waals surface area contributed by atoms with Gasteiger partial charge in [-0.15, -0.1) is 0 Å². The highest BCUT2D eigenvalue weighted by molar-refractivity contribution is 6.02. The van der Waals surface area contributed by atoms with Crippen LogP contribution in [-0.4, -0.2) is 5.78 Å². The summed E-state index contributed by atoms with van der Waals surface area (Å²) in [6.07, 6.45) is 7.07. The third-order valence-electron chi connectivity index (χ3n) is 4.57. The first-order valence-electron chi connectivity index (χ1n) is 8.02. The predicted molar refractivity (Wildman–Crippen MR) is 87.4 cm³/mol. The van der Waals surface area contributed by atoms with Crippen LogP contribution < -0.4 is 0 Å². The van der Waals surface area contributed by atoms with E-state index in [0.29, 0.717) is 12.2 Å². The minimum absolute atomic E-state index is 0.293. The van der Waals surface area contributed by atoms with Crippen molar-refractivity contribution in [2.24, 2.45) is 5.92 Å². The average Bonchev–Trinajstić information content (AvgIpc) is 3.07. The number of carbonyl (C=O) groups is 1. The molecule has 1 aliphatic rings. The van der Waals surface area contributed by atoms with Crippen LogP contribution in [0, 0.1) is 5.92 Å². The number of Topliss-reactive ketones (excluding diaryl/α,β-unsaturated/α-hetero) is 1. The lowest BCUT2D eigenvalue weighted by Gasteiger charge is -2.11. The lowest BCUT2D eigenvalue weighted by atomic mass is 9.92. The number of hydrogen-bond acceptors (Lipinski definition) is 1. The molecule has 0 saturated heterocycles. The van der Waals surface area contributed by atoms with Gasteiger partial charge in [-0.25, -0.2) is 0 Å². The van der Waals surface area contributed by atoms with Crippen molar-refractivity contribution < 1.29 is 4.79 Å². The van der Waals surface area contributed by atoms with Crippen LogP contribution in [0.15, 0.2) is 54.6 Å². The SMILES string of the molecule is O=C(CCC1CCCC1)c1ccccc1-c1ccccc1. The summed E-state index contributed by atoms with van der Waals surface area (Å²) in [4.78, 5) is 12.6. The Labute approximate surface area is 127 Å². The fourth-order valence-electron chi connectivity index (χ4n) is 3.36. The summed E-state index contributed by atoms with van der Waals surface area (Å²) < 4.78 is 0. The van der Waals surface area contributed by atoms with Crippen molar-refractivity contribution in [3.63, 3.8) is 0 Å². The van der Waals surface area contributed by atoms with Crippen LogP contribution in [0.2, 0.25) is 0 Å². The van der Waals surface area contributed by atoms with Crippen molar-refractivity contribution in [2.75, 3.05) is 0 Å². The minimum Gasteiger partial charge on any atom is -0.294 e. The van der Waals surface area contributed by atoms with Crippen LogP contribution in [0.4, 0.5) is 0 Å². The molecule has 1 heteroatoms.